The van der Waals surface area contributed by atoms with Gasteiger partial charge < -0.3 is 5.32 Å². The van der Waals surface area contributed by atoms with E-state index in [4.69, 9.17) is 0 Å². The van der Waals surface area contributed by atoms with E-state index in [0.717, 1.165) is 16.9 Å². The van der Waals surface area contributed by atoms with Gasteiger partial charge in [-0.2, -0.15) is 0 Å². The Hall–Kier alpha value is -4.26. The predicted molar refractivity (Wildman–Crippen MR) is 130 cm³/mol. The van der Waals surface area contributed by atoms with Crippen LogP contribution < -0.4 is 10.2 Å². The molecule has 1 aliphatic carbocycles. The maximum absolute atomic E-state index is 13.7. The molecule has 0 aromatic heterocycles. The fraction of sp³-hybridized carbons (Fsp3) is 0.185. The van der Waals surface area contributed by atoms with Crippen LogP contribution in [0, 0.1) is 10.1 Å². The lowest BCUT2D eigenvalue weighted by atomic mass is 9.78. The van der Waals surface area contributed by atoms with Gasteiger partial charge in [-0.05, 0) is 35.6 Å². The van der Waals surface area contributed by atoms with Crippen LogP contribution in [0.3, 0.4) is 0 Å². The molecule has 0 radical (unpaired) electrons. The summed E-state index contributed by atoms with van der Waals surface area (Å²) in [7, 11) is 0. The molecule has 34 heavy (non-hydrogen) atoms. The number of nitrogens with zero attached hydrogens (tertiary/aromatic N) is 2. The summed E-state index contributed by atoms with van der Waals surface area (Å²) in [5.41, 5.74) is 4.11. The van der Waals surface area contributed by atoms with Crippen LogP contribution in [0.4, 0.5) is 17.1 Å². The highest BCUT2D eigenvalue weighted by Gasteiger charge is 2.41. The number of para-hydroxylation sites is 2. The molecule has 3 aromatic carbocycles. The van der Waals surface area contributed by atoms with Crippen LogP contribution in [-0.2, 0) is 9.59 Å². The number of rotatable bonds is 3. The van der Waals surface area contributed by atoms with Crippen LogP contribution >= 0.6 is 0 Å². The maximum atomic E-state index is 13.7. The molecule has 1 amide bonds. The monoisotopic (exact) mass is 453 g/mol. The molecule has 5 rings (SSSR count). The third-order valence-corrected chi connectivity index (χ3v) is 6.50. The van der Waals surface area contributed by atoms with Crippen molar-refractivity contribution < 1.29 is 14.5 Å². The van der Waals surface area contributed by atoms with E-state index in [-0.39, 0.29) is 23.3 Å². The van der Waals surface area contributed by atoms with Gasteiger partial charge in [-0.15, -0.1) is 0 Å². The molecule has 0 saturated carbocycles. The fourth-order valence-corrected chi connectivity index (χ4v) is 5.02. The molecule has 0 saturated heterocycles. The van der Waals surface area contributed by atoms with Gasteiger partial charge in [0.05, 0.1) is 22.3 Å². The highest BCUT2D eigenvalue weighted by Crippen LogP contribution is 2.47. The number of amides is 1. The zero-order chi connectivity index (χ0) is 23.8. The number of nitrogens with one attached hydrogen (secondary N) is 1. The first-order valence-electron chi connectivity index (χ1n) is 11.2. The number of non-ortho nitro benzene ring substituents is 1. The van der Waals surface area contributed by atoms with Gasteiger partial charge in [-0.3, -0.25) is 24.6 Å². The molecule has 1 aliphatic heterocycles. The van der Waals surface area contributed by atoms with E-state index in [2.05, 4.69) is 5.32 Å². The summed E-state index contributed by atoms with van der Waals surface area (Å²) < 4.78 is 0. The van der Waals surface area contributed by atoms with E-state index in [9.17, 15) is 19.7 Å². The number of nitro benzene ring substituents is 1. The van der Waals surface area contributed by atoms with Crippen molar-refractivity contribution in [2.45, 2.75) is 31.7 Å². The highest BCUT2D eigenvalue weighted by molar-refractivity contribution is 6.06. The summed E-state index contributed by atoms with van der Waals surface area (Å²) in [6, 6.07) is 22.7. The Kier molecular flexibility index (Phi) is 5.45. The van der Waals surface area contributed by atoms with Crippen molar-refractivity contribution in [3.8, 4) is 0 Å². The summed E-state index contributed by atoms with van der Waals surface area (Å²) in [4.78, 5) is 39.3. The Labute approximate surface area is 196 Å². The Balaban J connectivity index is 1.72. The van der Waals surface area contributed by atoms with Gasteiger partial charge in [0.2, 0.25) is 5.91 Å². The molecule has 2 atom stereocenters. The largest absolute Gasteiger partial charge is 0.357 e. The normalized spacial score (nSPS) is 19.6. The number of hydrogen-bond donors (Lipinski definition) is 1. The second-order valence-electron chi connectivity index (χ2n) is 8.62. The van der Waals surface area contributed by atoms with Crippen LogP contribution in [0.5, 0.6) is 0 Å². The molecule has 0 bridgehead atoms. The van der Waals surface area contributed by atoms with Gasteiger partial charge in [0, 0.05) is 36.7 Å². The van der Waals surface area contributed by atoms with E-state index >= 15 is 0 Å². The fourth-order valence-electron chi connectivity index (χ4n) is 5.02. The zero-order valence-corrected chi connectivity index (χ0v) is 18.6. The van der Waals surface area contributed by atoms with Crippen LogP contribution in [0.2, 0.25) is 0 Å². The Morgan fingerprint density at radius 3 is 2.41 bits per heavy atom. The number of ketones is 1. The zero-order valence-electron chi connectivity index (χ0n) is 18.6. The molecule has 1 heterocycles. The Morgan fingerprint density at radius 1 is 0.971 bits per heavy atom. The van der Waals surface area contributed by atoms with Gasteiger partial charge in [-0.1, -0.05) is 54.6 Å². The van der Waals surface area contributed by atoms with Gasteiger partial charge in [0.15, 0.2) is 5.78 Å². The lowest BCUT2D eigenvalue weighted by Crippen LogP contribution is -2.37. The topological polar surface area (TPSA) is 92.6 Å². The first kappa shape index (κ1) is 21.6. The first-order chi connectivity index (χ1) is 16.4. The first-order valence-corrected chi connectivity index (χ1v) is 11.2. The summed E-state index contributed by atoms with van der Waals surface area (Å²) >= 11 is 0. The van der Waals surface area contributed by atoms with E-state index in [1.165, 1.54) is 19.1 Å². The molecule has 7 heteroatoms. The van der Waals surface area contributed by atoms with Gasteiger partial charge >= 0.3 is 0 Å². The summed E-state index contributed by atoms with van der Waals surface area (Å²) in [5.74, 6) is -0.322. The third-order valence-electron chi connectivity index (χ3n) is 6.50. The van der Waals surface area contributed by atoms with E-state index in [0.29, 0.717) is 29.7 Å². The highest BCUT2D eigenvalue weighted by atomic mass is 16.6. The number of nitro groups is 1. The quantitative estimate of drug-likeness (QED) is 0.417. The molecule has 3 aromatic rings. The summed E-state index contributed by atoms with van der Waals surface area (Å²) in [6.45, 7) is 1.45. The van der Waals surface area contributed by atoms with Crippen molar-refractivity contribution in [2.24, 2.45) is 0 Å². The van der Waals surface area contributed by atoms with Gasteiger partial charge in [0.25, 0.3) is 5.69 Å². The lowest BCUT2D eigenvalue weighted by Gasteiger charge is -2.34. The number of hydrogen-bond acceptors (Lipinski definition) is 5. The second-order valence-corrected chi connectivity index (χ2v) is 8.62. The van der Waals surface area contributed by atoms with Gasteiger partial charge in [0.1, 0.15) is 0 Å². The van der Waals surface area contributed by atoms with Crippen LogP contribution in [0.25, 0.3) is 0 Å². The Morgan fingerprint density at radius 2 is 1.68 bits per heavy atom. The molecule has 1 N–H and O–H groups in total. The molecule has 0 spiro atoms. The van der Waals surface area contributed by atoms with Gasteiger partial charge in [-0.25, -0.2) is 0 Å². The van der Waals surface area contributed by atoms with Crippen molar-refractivity contribution in [3.63, 3.8) is 0 Å². The third kappa shape index (κ3) is 3.75. The molecular formula is C27H23N3O4. The lowest BCUT2D eigenvalue weighted by molar-refractivity contribution is -0.384. The van der Waals surface area contributed by atoms with Crippen LogP contribution in [0.15, 0.2) is 90.1 Å². The standard InChI is InChI=1S/C27H23N3O4/c1-17(31)29-24-13-6-5-12-22(24)28-23-15-20(18-8-3-2-4-9-18)16-25(32)26(23)27(29)19-10-7-11-21(14-19)30(33)34/h2-14,20,27-28H,15-16H2,1H3/t20-,27-/m1/s1. The van der Waals surface area contributed by atoms with Crippen LogP contribution in [0.1, 0.15) is 42.9 Å². The Bertz CT molecular complexity index is 1330. The summed E-state index contributed by atoms with van der Waals surface area (Å²) in [6.07, 6.45) is 0.897. The average molecular weight is 453 g/mol. The second kappa shape index (κ2) is 8.59. The molecule has 170 valence electrons. The number of fused-ring (bicyclic) bond motifs is 1. The maximum Gasteiger partial charge on any atom is 0.269 e. The SMILES string of the molecule is CC(=O)N1c2ccccc2NC2=C(C(=O)C[C@H](c3ccccc3)C2)[C@H]1c1cccc([N+](=O)[O-])c1. The molecule has 7 nitrogen and oxygen atoms in total. The number of carbonyl (C=O) groups excluding carboxylic acids is 2. The molecular weight excluding hydrogens is 430 g/mol. The van der Waals surface area contributed by atoms with E-state index in [1.807, 2.05) is 54.6 Å². The molecule has 0 unspecified atom stereocenters. The van der Waals surface area contributed by atoms with Crippen molar-refractivity contribution in [1.82, 2.24) is 0 Å². The minimum Gasteiger partial charge on any atom is -0.357 e. The van der Waals surface area contributed by atoms with Crippen molar-refractivity contribution in [3.05, 3.63) is 111 Å². The molecule has 2 aliphatic rings. The number of anilines is 2. The number of allylic oxidation sites excluding steroid dienone is 1. The van der Waals surface area contributed by atoms with E-state index in [1.54, 1.807) is 17.0 Å². The molecule has 0 fully saturated rings. The number of carbonyl (C=O) groups is 2. The number of Topliss-reactive ketones (excluding diaryl/α,β-unsaturated/α-hetero) is 1. The van der Waals surface area contributed by atoms with Crippen molar-refractivity contribution in [2.75, 3.05) is 10.2 Å². The van der Waals surface area contributed by atoms with Crippen molar-refractivity contribution >= 4 is 28.8 Å². The average Bonchev–Trinajstić information content (AvgIpc) is 2.99. The summed E-state index contributed by atoms with van der Waals surface area (Å²) in [5, 5.41) is 14.9. The van der Waals surface area contributed by atoms with Crippen molar-refractivity contribution in [1.29, 1.82) is 0 Å². The predicted octanol–water partition coefficient (Wildman–Crippen LogP) is 5.52. The minimum atomic E-state index is -0.771. The van der Waals surface area contributed by atoms with E-state index < -0.39 is 11.0 Å². The van der Waals surface area contributed by atoms with Crippen LogP contribution in [-0.4, -0.2) is 16.6 Å². The minimum absolute atomic E-state index is 0.00162. The smallest absolute Gasteiger partial charge is 0.269 e. The number of benzene rings is 3.